The van der Waals surface area contributed by atoms with E-state index in [1.807, 2.05) is 85.2 Å². The lowest BCUT2D eigenvalue weighted by Crippen LogP contribution is -2.34. The Morgan fingerprint density at radius 1 is 0.591 bits per heavy atom. The van der Waals surface area contributed by atoms with Gasteiger partial charge < -0.3 is 18.9 Å². The van der Waals surface area contributed by atoms with Gasteiger partial charge in [0.2, 0.25) is 0 Å². The van der Waals surface area contributed by atoms with Crippen LogP contribution < -0.4 is 14.8 Å². The number of hydrogen-bond donors (Lipinski definition) is 1. The number of benzene rings is 4. The zero-order valence-electron chi connectivity index (χ0n) is 39.1. The molecule has 0 fully saturated rings. The molecule has 348 valence electrons. The predicted molar refractivity (Wildman–Crippen MR) is 269 cm³/mol. The van der Waals surface area contributed by atoms with E-state index in [1.165, 1.54) is 58.5 Å². The molecule has 0 unspecified atom stereocenters. The third kappa shape index (κ3) is 17.0. The van der Waals surface area contributed by atoms with Gasteiger partial charge in [0.1, 0.15) is 39.1 Å². The largest absolute Gasteiger partial charge is 0.494 e. The van der Waals surface area contributed by atoms with E-state index in [0.717, 1.165) is 85.9 Å². The molecule has 0 saturated heterocycles. The summed E-state index contributed by atoms with van der Waals surface area (Å²) in [6, 6.07) is 31.4. The lowest BCUT2D eigenvalue weighted by molar-refractivity contribution is -0.136. The minimum absolute atomic E-state index is 0.0139. The van der Waals surface area contributed by atoms with Gasteiger partial charge in [-0.2, -0.15) is 0 Å². The highest BCUT2D eigenvalue weighted by Crippen LogP contribution is 2.34. The highest BCUT2D eigenvalue weighted by Gasteiger charge is 2.20. The molecule has 0 saturated carbocycles. The summed E-state index contributed by atoms with van der Waals surface area (Å²) in [4.78, 5) is 46.4. The van der Waals surface area contributed by atoms with Gasteiger partial charge in [0, 0.05) is 29.1 Å². The number of nitrogens with one attached hydrogen (secondary N) is 1. The zero-order valence-corrected chi connectivity index (χ0v) is 40.7. The molecule has 0 atom stereocenters. The summed E-state index contributed by atoms with van der Waals surface area (Å²) in [5.74, 6) is 1.14. The van der Waals surface area contributed by atoms with E-state index >= 15 is 0 Å². The number of alkyl carbamates (subject to hydrolysis) is 1. The van der Waals surface area contributed by atoms with Gasteiger partial charge >= 0.3 is 12.1 Å². The van der Waals surface area contributed by atoms with Crippen LogP contribution >= 0.6 is 22.7 Å². The van der Waals surface area contributed by atoms with Crippen molar-refractivity contribution >= 4 is 47.1 Å². The van der Waals surface area contributed by atoms with Crippen molar-refractivity contribution < 1.29 is 33.3 Å². The molecule has 0 aliphatic carbocycles. The molecule has 0 aliphatic rings. The van der Waals surface area contributed by atoms with E-state index in [1.54, 1.807) is 49.5 Å². The summed E-state index contributed by atoms with van der Waals surface area (Å²) >= 11 is 3.25. The summed E-state index contributed by atoms with van der Waals surface area (Å²) in [5, 5.41) is 4.31. The summed E-state index contributed by atoms with van der Waals surface area (Å²) in [5.41, 5.74) is 4.89. The van der Waals surface area contributed by atoms with Crippen LogP contribution in [0, 0.1) is 0 Å². The second kappa shape index (κ2) is 26.8. The van der Waals surface area contributed by atoms with Gasteiger partial charge in [-0.1, -0.05) is 114 Å². The third-order valence-electron chi connectivity index (χ3n) is 10.1. The van der Waals surface area contributed by atoms with Crippen LogP contribution in [0.15, 0.2) is 115 Å². The van der Waals surface area contributed by atoms with Crippen LogP contribution in [0.25, 0.3) is 48.1 Å². The van der Waals surface area contributed by atoms with E-state index < -0.39 is 17.7 Å². The number of rotatable bonds is 22. The number of nitrogens with zero attached hydrogens (tertiary/aromatic N) is 2. The van der Waals surface area contributed by atoms with Crippen LogP contribution in [0.3, 0.4) is 0 Å². The van der Waals surface area contributed by atoms with Crippen molar-refractivity contribution in [1.82, 2.24) is 15.3 Å². The number of ether oxygens (including phenoxy) is 4. The van der Waals surface area contributed by atoms with Crippen LogP contribution in [0.1, 0.15) is 115 Å². The van der Waals surface area contributed by atoms with Gasteiger partial charge in [-0.25, -0.2) is 19.6 Å². The molecule has 1 amide bonds. The first-order valence-electron chi connectivity index (χ1n) is 22.8. The van der Waals surface area contributed by atoms with Crippen molar-refractivity contribution in [2.75, 3.05) is 20.3 Å². The van der Waals surface area contributed by atoms with E-state index in [4.69, 9.17) is 18.9 Å². The number of carbonyl (C=O) groups excluding carboxylic acids is 3. The Hall–Kier alpha value is -6.11. The molecule has 10 nitrogen and oxygen atoms in total. The van der Waals surface area contributed by atoms with Crippen molar-refractivity contribution in [2.24, 2.45) is 0 Å². The van der Waals surface area contributed by atoms with Crippen molar-refractivity contribution in [2.45, 2.75) is 104 Å². The number of thiazole rings is 2. The maximum Gasteiger partial charge on any atom is 0.412 e. The number of unbranched alkanes of at least 4 members (excludes halogenated alkanes) is 8. The normalized spacial score (nSPS) is 11.3. The minimum atomic E-state index is -0.729. The first-order valence-corrected chi connectivity index (χ1v) is 24.5. The number of carbonyl (C=O) groups is 3. The molecular weight excluding hydrogens is 867 g/mol. The third-order valence-corrected chi connectivity index (χ3v) is 12.3. The quantitative estimate of drug-likeness (QED) is 0.0306. The number of amides is 1. The highest BCUT2D eigenvalue weighted by atomic mass is 32.1. The fraction of sp³-hybridized carbons (Fsp3) is 0.352. The molecule has 0 spiro atoms. The second-order valence-electron chi connectivity index (χ2n) is 16.7. The molecule has 6 aromatic rings. The average molecular weight is 930 g/mol. The Kier molecular flexibility index (Phi) is 20.6. The Bertz CT molecular complexity index is 2420. The standard InChI is InChI=1S/C31H38N2O5S.C23H25NO2S/c1-6-7-8-9-10-19-37-25-17-15-23(16-18-25)27-21-32-28(39-27)24-13-11-22(12-14-24)20-26(29(34)36-5)33-30(35)38-31(2,3)4;1-2-3-4-5-6-15-26-21-13-11-19(12-14-21)22-16-24-23(27-22)20-9-7-18(17-25)8-10-20/h11-18,20-21H,6-10,19H2,1-5H3,(H,33,35);7-14,16-17H,2-6,15H2,1H3/b26-20-;. The SMILES string of the molecule is CCCCCCCOc1ccc(-c2cnc(-c3ccc(/C=C(\NC(=O)OC(C)(C)C)C(=O)OC)cc3)s2)cc1.CCCCCCCOc1ccc(-c2cnc(-c3ccc(C=O)cc3)s2)cc1. The highest BCUT2D eigenvalue weighted by molar-refractivity contribution is 7.18. The van der Waals surface area contributed by atoms with E-state index in [-0.39, 0.29) is 5.70 Å². The first-order chi connectivity index (χ1) is 32.0. The second-order valence-corrected chi connectivity index (χ2v) is 18.7. The number of methoxy groups -OCH3 is 1. The molecule has 0 bridgehead atoms. The molecule has 6 rings (SSSR count). The maximum absolute atomic E-state index is 12.2. The number of aromatic nitrogens is 2. The topological polar surface area (TPSA) is 126 Å². The van der Waals surface area contributed by atoms with E-state index in [0.29, 0.717) is 11.1 Å². The smallest absolute Gasteiger partial charge is 0.412 e. The van der Waals surface area contributed by atoms with Crippen LogP contribution in [0.2, 0.25) is 0 Å². The fourth-order valence-corrected chi connectivity index (χ4v) is 8.42. The van der Waals surface area contributed by atoms with Crippen molar-refractivity contribution in [3.63, 3.8) is 0 Å². The molecule has 2 heterocycles. The summed E-state index contributed by atoms with van der Waals surface area (Å²) < 4.78 is 21.8. The van der Waals surface area contributed by atoms with Gasteiger partial charge in [0.05, 0.1) is 30.1 Å². The summed E-state index contributed by atoms with van der Waals surface area (Å²) in [6.07, 6.45) is 17.8. The van der Waals surface area contributed by atoms with Gasteiger partial charge in [-0.15, -0.1) is 22.7 Å². The fourth-order valence-electron chi connectivity index (χ4n) is 6.57. The number of hydrogen-bond acceptors (Lipinski definition) is 11. The summed E-state index contributed by atoms with van der Waals surface area (Å²) in [7, 11) is 1.26. The lowest BCUT2D eigenvalue weighted by Gasteiger charge is -2.20. The van der Waals surface area contributed by atoms with Gasteiger partial charge in [0.25, 0.3) is 0 Å². The van der Waals surface area contributed by atoms with Crippen LogP contribution in [0.4, 0.5) is 4.79 Å². The molecule has 2 aromatic heterocycles. The monoisotopic (exact) mass is 929 g/mol. The minimum Gasteiger partial charge on any atom is -0.494 e. The molecule has 12 heteroatoms. The molecule has 1 N–H and O–H groups in total. The number of aldehydes is 1. The van der Waals surface area contributed by atoms with Crippen LogP contribution in [-0.4, -0.2) is 54.2 Å². The molecule has 4 aromatic carbocycles. The maximum atomic E-state index is 12.2. The molecule has 66 heavy (non-hydrogen) atoms. The Morgan fingerprint density at radius 3 is 1.42 bits per heavy atom. The van der Waals surface area contributed by atoms with Gasteiger partial charge in [-0.05, 0) is 105 Å². The molecule has 0 aliphatic heterocycles. The number of esters is 1. The molecular formula is C54H63N3O7S2. The predicted octanol–water partition coefficient (Wildman–Crippen LogP) is 14.5. The molecule has 0 radical (unpaired) electrons. The summed E-state index contributed by atoms with van der Waals surface area (Å²) in [6.45, 7) is 11.2. The van der Waals surface area contributed by atoms with Crippen molar-refractivity contribution in [1.29, 1.82) is 0 Å². The Labute approximate surface area is 398 Å². The Balaban J connectivity index is 0.000000264. The van der Waals surface area contributed by atoms with Gasteiger partial charge in [0.15, 0.2) is 0 Å². The zero-order chi connectivity index (χ0) is 47.2. The van der Waals surface area contributed by atoms with Crippen molar-refractivity contribution in [3.05, 3.63) is 126 Å². The van der Waals surface area contributed by atoms with Gasteiger partial charge in [-0.3, -0.25) is 10.1 Å². The van der Waals surface area contributed by atoms with Crippen LogP contribution in [0.5, 0.6) is 11.5 Å². The van der Waals surface area contributed by atoms with E-state index in [2.05, 4.69) is 53.4 Å². The van der Waals surface area contributed by atoms with E-state index in [9.17, 15) is 14.4 Å². The van der Waals surface area contributed by atoms with Crippen LogP contribution in [-0.2, 0) is 14.3 Å². The Morgan fingerprint density at radius 2 is 1.02 bits per heavy atom. The lowest BCUT2D eigenvalue weighted by atomic mass is 10.1. The first kappa shape index (κ1) is 50.9. The average Bonchev–Trinajstić information content (AvgIpc) is 4.03. The van der Waals surface area contributed by atoms with Crippen molar-refractivity contribution in [3.8, 4) is 53.5 Å².